The Morgan fingerprint density at radius 3 is 2.48 bits per heavy atom. The average molecular weight is 442 g/mol. The summed E-state index contributed by atoms with van der Waals surface area (Å²) in [5.74, 6) is -0.985. The van der Waals surface area contributed by atoms with Crippen LogP contribution in [0.4, 0.5) is 10.1 Å². The maximum Gasteiger partial charge on any atom is 0.326 e. The van der Waals surface area contributed by atoms with Gasteiger partial charge in [-0.1, -0.05) is 42.5 Å². The van der Waals surface area contributed by atoms with Gasteiger partial charge < -0.3 is 9.47 Å². The molecule has 1 amide bonds. The fourth-order valence-corrected chi connectivity index (χ4v) is 4.44. The summed E-state index contributed by atoms with van der Waals surface area (Å²) in [7, 11) is -2.68. The Labute approximate surface area is 179 Å². The SMILES string of the molecule is COc1cccc(-c2cc(F)c(N3CC(=O)NS3(=O)=O)c(OCc3ccccc3)c2)c1. The molecule has 0 spiro atoms. The van der Waals surface area contributed by atoms with Crippen LogP contribution in [-0.4, -0.2) is 28.0 Å². The molecule has 3 aromatic carbocycles. The zero-order valence-corrected chi connectivity index (χ0v) is 17.4. The van der Waals surface area contributed by atoms with Crippen LogP contribution in [0, 0.1) is 5.82 Å². The molecule has 1 aliphatic rings. The van der Waals surface area contributed by atoms with Gasteiger partial charge >= 0.3 is 10.2 Å². The van der Waals surface area contributed by atoms with Crippen molar-refractivity contribution >= 4 is 21.8 Å². The summed E-state index contributed by atoms with van der Waals surface area (Å²) in [6.45, 7) is -0.441. The van der Waals surface area contributed by atoms with Gasteiger partial charge in [0.05, 0.1) is 7.11 Å². The highest BCUT2D eigenvalue weighted by molar-refractivity contribution is 7.92. The van der Waals surface area contributed by atoms with Gasteiger partial charge in [0.2, 0.25) is 0 Å². The van der Waals surface area contributed by atoms with E-state index in [1.54, 1.807) is 30.3 Å². The maximum atomic E-state index is 15.3. The fraction of sp³-hybridized carbons (Fsp3) is 0.136. The molecular weight excluding hydrogens is 423 g/mol. The van der Waals surface area contributed by atoms with E-state index in [-0.39, 0.29) is 18.0 Å². The Bertz CT molecular complexity index is 1230. The highest BCUT2D eigenvalue weighted by Gasteiger charge is 2.37. The van der Waals surface area contributed by atoms with E-state index in [9.17, 15) is 13.2 Å². The molecule has 0 aromatic heterocycles. The number of hydrogen-bond donors (Lipinski definition) is 1. The lowest BCUT2D eigenvalue weighted by molar-refractivity contribution is -0.117. The number of amides is 1. The zero-order chi connectivity index (χ0) is 22.0. The second-order valence-electron chi connectivity index (χ2n) is 6.85. The number of rotatable bonds is 6. The molecule has 160 valence electrons. The molecule has 1 N–H and O–H groups in total. The molecule has 1 fully saturated rings. The van der Waals surface area contributed by atoms with Crippen LogP contribution < -0.4 is 18.5 Å². The molecular formula is C22H19FN2O5S. The van der Waals surface area contributed by atoms with Crippen molar-refractivity contribution in [1.82, 2.24) is 4.72 Å². The van der Waals surface area contributed by atoms with E-state index in [0.717, 1.165) is 5.56 Å². The summed E-state index contributed by atoms with van der Waals surface area (Å²) >= 11 is 0. The van der Waals surface area contributed by atoms with Gasteiger partial charge in [-0.05, 0) is 41.0 Å². The number of carbonyl (C=O) groups is 1. The van der Waals surface area contributed by atoms with E-state index in [0.29, 0.717) is 21.2 Å². The summed E-state index contributed by atoms with van der Waals surface area (Å²) in [5, 5.41) is 0. The number of hydrogen-bond acceptors (Lipinski definition) is 5. The van der Waals surface area contributed by atoms with Crippen molar-refractivity contribution in [3.63, 3.8) is 0 Å². The van der Waals surface area contributed by atoms with Crippen molar-refractivity contribution in [3.8, 4) is 22.6 Å². The van der Waals surface area contributed by atoms with Gasteiger partial charge in [-0.3, -0.25) is 4.79 Å². The Kier molecular flexibility index (Phi) is 5.51. The van der Waals surface area contributed by atoms with E-state index in [2.05, 4.69) is 0 Å². The summed E-state index contributed by atoms with van der Waals surface area (Å²) < 4.78 is 53.6. The minimum atomic E-state index is -4.21. The Morgan fingerprint density at radius 2 is 1.81 bits per heavy atom. The van der Waals surface area contributed by atoms with Crippen LogP contribution in [0.25, 0.3) is 11.1 Å². The average Bonchev–Trinajstić information content (AvgIpc) is 3.04. The molecule has 4 rings (SSSR count). The van der Waals surface area contributed by atoms with Crippen LogP contribution in [0.15, 0.2) is 66.7 Å². The third-order valence-electron chi connectivity index (χ3n) is 4.74. The first kappa shape index (κ1) is 20.7. The van der Waals surface area contributed by atoms with Gasteiger partial charge in [-0.15, -0.1) is 0 Å². The van der Waals surface area contributed by atoms with Crippen LogP contribution in [0.3, 0.4) is 0 Å². The summed E-state index contributed by atoms with van der Waals surface area (Å²) in [4.78, 5) is 11.7. The molecule has 0 atom stereocenters. The largest absolute Gasteiger partial charge is 0.497 e. The quantitative estimate of drug-likeness (QED) is 0.634. The van der Waals surface area contributed by atoms with Crippen LogP contribution in [0.5, 0.6) is 11.5 Å². The standard InChI is InChI=1S/C22H19FN2O5S/c1-29-18-9-5-8-16(10-18)17-11-19(23)22(25-13-21(26)24-31(25,27)28)20(12-17)30-14-15-6-3-2-4-7-15/h2-12H,13-14H2,1H3,(H,24,26). The molecule has 31 heavy (non-hydrogen) atoms. The number of nitrogens with one attached hydrogen (secondary N) is 1. The highest BCUT2D eigenvalue weighted by atomic mass is 32.2. The second-order valence-corrected chi connectivity index (χ2v) is 8.44. The predicted molar refractivity (Wildman–Crippen MR) is 114 cm³/mol. The van der Waals surface area contributed by atoms with E-state index in [4.69, 9.17) is 9.47 Å². The van der Waals surface area contributed by atoms with Gasteiger partial charge in [-0.2, -0.15) is 8.42 Å². The van der Waals surface area contributed by atoms with Crippen molar-refractivity contribution in [2.75, 3.05) is 18.0 Å². The lowest BCUT2D eigenvalue weighted by Crippen LogP contribution is -2.30. The molecule has 1 saturated heterocycles. The molecule has 0 saturated carbocycles. The van der Waals surface area contributed by atoms with Crippen LogP contribution in [-0.2, 0) is 21.6 Å². The minimum absolute atomic E-state index is 0.00162. The first-order valence-corrected chi connectivity index (χ1v) is 10.8. The molecule has 1 aliphatic heterocycles. The first-order chi connectivity index (χ1) is 14.9. The molecule has 0 unspecified atom stereocenters. The van der Waals surface area contributed by atoms with E-state index >= 15 is 4.39 Å². The number of nitrogens with zero attached hydrogens (tertiary/aromatic N) is 1. The van der Waals surface area contributed by atoms with Gasteiger partial charge in [-0.25, -0.2) is 13.4 Å². The number of benzene rings is 3. The van der Waals surface area contributed by atoms with E-state index in [1.807, 2.05) is 35.1 Å². The summed E-state index contributed by atoms with van der Waals surface area (Å²) in [5.41, 5.74) is 1.63. The number of anilines is 1. The van der Waals surface area contributed by atoms with Crippen LogP contribution in [0.1, 0.15) is 5.56 Å². The summed E-state index contributed by atoms with van der Waals surface area (Å²) in [6.07, 6.45) is 0. The molecule has 0 bridgehead atoms. The maximum absolute atomic E-state index is 15.3. The lowest BCUT2D eigenvalue weighted by atomic mass is 10.0. The number of ether oxygens (including phenoxy) is 2. The topological polar surface area (TPSA) is 84.9 Å². The molecule has 3 aromatic rings. The minimum Gasteiger partial charge on any atom is -0.497 e. The van der Waals surface area contributed by atoms with Crippen LogP contribution in [0.2, 0.25) is 0 Å². The van der Waals surface area contributed by atoms with Gasteiger partial charge in [0.25, 0.3) is 5.91 Å². The van der Waals surface area contributed by atoms with E-state index < -0.39 is 28.5 Å². The normalized spacial score (nSPS) is 14.9. The monoisotopic (exact) mass is 442 g/mol. The third kappa shape index (κ3) is 4.31. The Morgan fingerprint density at radius 1 is 1.03 bits per heavy atom. The first-order valence-electron chi connectivity index (χ1n) is 9.35. The molecule has 0 aliphatic carbocycles. The lowest BCUT2D eigenvalue weighted by Gasteiger charge is -2.21. The van der Waals surface area contributed by atoms with Crippen molar-refractivity contribution < 1.29 is 27.1 Å². The Hall–Kier alpha value is -3.59. The van der Waals surface area contributed by atoms with Gasteiger partial charge in [0.15, 0.2) is 5.82 Å². The molecule has 9 heteroatoms. The van der Waals surface area contributed by atoms with Crippen molar-refractivity contribution in [1.29, 1.82) is 0 Å². The number of carbonyl (C=O) groups excluding carboxylic acids is 1. The number of methoxy groups -OCH3 is 1. The highest BCUT2D eigenvalue weighted by Crippen LogP contribution is 2.39. The third-order valence-corrected chi connectivity index (χ3v) is 6.12. The molecule has 0 radical (unpaired) electrons. The van der Waals surface area contributed by atoms with Crippen molar-refractivity contribution in [2.24, 2.45) is 0 Å². The smallest absolute Gasteiger partial charge is 0.326 e. The zero-order valence-electron chi connectivity index (χ0n) is 16.5. The Balaban J connectivity index is 1.80. The molecule has 1 heterocycles. The predicted octanol–water partition coefficient (Wildman–Crippen LogP) is 3.26. The van der Waals surface area contributed by atoms with Crippen molar-refractivity contribution in [2.45, 2.75) is 6.61 Å². The summed E-state index contributed by atoms with van der Waals surface area (Å²) in [6, 6.07) is 19.0. The van der Waals surface area contributed by atoms with Gasteiger partial charge in [0.1, 0.15) is 30.3 Å². The fourth-order valence-electron chi connectivity index (χ4n) is 3.28. The van der Waals surface area contributed by atoms with Crippen molar-refractivity contribution in [3.05, 3.63) is 78.1 Å². The second kappa shape index (κ2) is 8.27. The van der Waals surface area contributed by atoms with Gasteiger partial charge in [0, 0.05) is 0 Å². The van der Waals surface area contributed by atoms with Crippen LogP contribution >= 0.6 is 0 Å². The van der Waals surface area contributed by atoms with E-state index in [1.165, 1.54) is 13.2 Å². The number of halogens is 1. The molecule has 7 nitrogen and oxygen atoms in total.